The van der Waals surface area contributed by atoms with Crippen molar-refractivity contribution in [3.05, 3.63) is 77.9 Å². The molecule has 4 nitrogen and oxygen atoms in total. The number of hydrogen-bond acceptors (Lipinski definition) is 4. The van der Waals surface area contributed by atoms with Crippen LogP contribution in [-0.2, 0) is 19.7 Å². The highest BCUT2D eigenvalue weighted by Crippen LogP contribution is 2.32. The smallest absolute Gasteiger partial charge is 0.336 e. The van der Waals surface area contributed by atoms with Gasteiger partial charge < -0.3 is 9.47 Å². The fourth-order valence-corrected chi connectivity index (χ4v) is 2.61. The molecule has 4 heteroatoms. The van der Waals surface area contributed by atoms with Crippen LogP contribution in [0.15, 0.2) is 66.7 Å². The summed E-state index contributed by atoms with van der Waals surface area (Å²) in [5.74, 6) is -0.727. The van der Waals surface area contributed by atoms with Crippen molar-refractivity contribution in [3.63, 3.8) is 0 Å². The van der Waals surface area contributed by atoms with Crippen molar-refractivity contribution in [2.75, 3.05) is 6.61 Å². The number of benzene rings is 2. The molecule has 0 spiro atoms. The second kappa shape index (κ2) is 9.72. The molecule has 0 aliphatic heterocycles. The van der Waals surface area contributed by atoms with Crippen molar-refractivity contribution < 1.29 is 19.1 Å². The first-order valence-electron chi connectivity index (χ1n) is 9.16. The number of rotatable bonds is 8. The number of carbonyl (C=O) groups excluding carboxylic acids is 2. The van der Waals surface area contributed by atoms with Crippen LogP contribution in [-0.4, -0.2) is 18.5 Å². The molecule has 0 amide bonds. The first-order valence-corrected chi connectivity index (χ1v) is 9.16. The maximum atomic E-state index is 11.8. The largest absolute Gasteiger partial charge is 0.463 e. The Labute approximate surface area is 160 Å². The molecule has 0 aliphatic rings. The summed E-state index contributed by atoms with van der Waals surface area (Å²) in [5, 5.41) is 0. The predicted octanol–water partition coefficient (Wildman–Crippen LogP) is 4.82. The second-order valence-corrected chi connectivity index (χ2v) is 6.79. The standard InChI is InChI=1S/C23H26O4/c1-4-5-17-26-21(24)15-16-22(25)27-20-13-11-19(12-14-20)23(2,3)18-9-7-6-8-10-18/h6-16H,4-5,17H2,1-3H3/b16-15-. The predicted molar refractivity (Wildman–Crippen MR) is 106 cm³/mol. The van der Waals surface area contributed by atoms with E-state index in [0.717, 1.165) is 30.6 Å². The van der Waals surface area contributed by atoms with Gasteiger partial charge in [-0.15, -0.1) is 0 Å². The zero-order valence-corrected chi connectivity index (χ0v) is 16.1. The van der Waals surface area contributed by atoms with Gasteiger partial charge in [-0.1, -0.05) is 69.7 Å². The van der Waals surface area contributed by atoms with Crippen LogP contribution in [0.25, 0.3) is 0 Å². The summed E-state index contributed by atoms with van der Waals surface area (Å²) in [7, 11) is 0. The first kappa shape index (κ1) is 20.4. The number of carbonyl (C=O) groups is 2. The van der Waals surface area contributed by atoms with Crippen LogP contribution in [0.1, 0.15) is 44.7 Å². The van der Waals surface area contributed by atoms with Crippen molar-refractivity contribution in [1.29, 1.82) is 0 Å². The molecule has 0 saturated heterocycles. The van der Waals surface area contributed by atoms with Gasteiger partial charge in [-0.3, -0.25) is 0 Å². The molecule has 0 saturated carbocycles. The molecule has 0 fully saturated rings. The van der Waals surface area contributed by atoms with E-state index in [4.69, 9.17) is 9.47 Å². The molecule has 0 atom stereocenters. The Kier molecular flexibility index (Phi) is 7.35. The third-order valence-corrected chi connectivity index (χ3v) is 4.39. The zero-order valence-electron chi connectivity index (χ0n) is 16.1. The highest BCUT2D eigenvalue weighted by Gasteiger charge is 2.22. The van der Waals surface area contributed by atoms with E-state index in [-0.39, 0.29) is 5.41 Å². The van der Waals surface area contributed by atoms with Gasteiger partial charge in [0, 0.05) is 17.6 Å². The van der Waals surface area contributed by atoms with Gasteiger partial charge in [0.05, 0.1) is 6.61 Å². The zero-order chi connectivity index (χ0) is 19.7. The van der Waals surface area contributed by atoms with E-state index in [0.29, 0.717) is 12.4 Å². The summed E-state index contributed by atoms with van der Waals surface area (Å²) in [6.07, 6.45) is 3.91. The van der Waals surface area contributed by atoms with Crippen LogP contribution in [0.5, 0.6) is 5.75 Å². The summed E-state index contributed by atoms with van der Waals surface area (Å²) in [6.45, 7) is 6.66. The van der Waals surface area contributed by atoms with Gasteiger partial charge in [-0.2, -0.15) is 0 Å². The van der Waals surface area contributed by atoms with Crippen molar-refractivity contribution in [1.82, 2.24) is 0 Å². The van der Waals surface area contributed by atoms with Crippen molar-refractivity contribution in [2.24, 2.45) is 0 Å². The number of esters is 2. The third-order valence-electron chi connectivity index (χ3n) is 4.39. The van der Waals surface area contributed by atoms with Crippen LogP contribution in [0.4, 0.5) is 0 Å². The molecule has 2 rings (SSSR count). The monoisotopic (exact) mass is 366 g/mol. The fourth-order valence-electron chi connectivity index (χ4n) is 2.61. The van der Waals surface area contributed by atoms with Crippen LogP contribution in [0, 0.1) is 0 Å². The highest BCUT2D eigenvalue weighted by molar-refractivity contribution is 5.92. The van der Waals surface area contributed by atoms with Gasteiger partial charge in [0.25, 0.3) is 0 Å². The maximum Gasteiger partial charge on any atom is 0.336 e. The summed E-state index contributed by atoms with van der Waals surface area (Å²) in [6, 6.07) is 17.6. The summed E-state index contributed by atoms with van der Waals surface area (Å²) in [5.41, 5.74) is 2.16. The van der Waals surface area contributed by atoms with E-state index >= 15 is 0 Å². The minimum atomic E-state index is -0.613. The van der Waals surface area contributed by atoms with E-state index in [1.54, 1.807) is 12.1 Å². The lowest BCUT2D eigenvalue weighted by Crippen LogP contribution is -2.18. The maximum absolute atomic E-state index is 11.8. The minimum absolute atomic E-state index is 0.161. The van der Waals surface area contributed by atoms with Crippen molar-refractivity contribution in [3.8, 4) is 5.75 Å². The molecule has 2 aromatic carbocycles. The molecule has 0 unspecified atom stereocenters. The minimum Gasteiger partial charge on any atom is -0.463 e. The molecule has 27 heavy (non-hydrogen) atoms. The lowest BCUT2D eigenvalue weighted by atomic mass is 9.78. The molecular formula is C23H26O4. The molecule has 0 bridgehead atoms. The first-order chi connectivity index (χ1) is 12.9. The van der Waals surface area contributed by atoms with E-state index in [2.05, 4.69) is 26.0 Å². The molecule has 142 valence electrons. The second-order valence-electron chi connectivity index (χ2n) is 6.79. The normalized spacial score (nSPS) is 11.4. The van der Waals surface area contributed by atoms with Crippen LogP contribution in [0.2, 0.25) is 0 Å². The summed E-state index contributed by atoms with van der Waals surface area (Å²) >= 11 is 0. The summed E-state index contributed by atoms with van der Waals surface area (Å²) < 4.78 is 10.2. The number of unbranched alkanes of at least 4 members (excludes halogenated alkanes) is 1. The van der Waals surface area contributed by atoms with E-state index in [1.807, 2.05) is 37.3 Å². The molecule has 0 N–H and O–H groups in total. The lowest BCUT2D eigenvalue weighted by molar-refractivity contribution is -0.138. The third kappa shape index (κ3) is 6.10. The Morgan fingerprint density at radius 3 is 2.11 bits per heavy atom. The van der Waals surface area contributed by atoms with E-state index in [9.17, 15) is 9.59 Å². The Balaban J connectivity index is 1.95. The Morgan fingerprint density at radius 1 is 0.889 bits per heavy atom. The van der Waals surface area contributed by atoms with Gasteiger partial charge in [0.1, 0.15) is 5.75 Å². The molecule has 0 heterocycles. The van der Waals surface area contributed by atoms with Crippen molar-refractivity contribution >= 4 is 11.9 Å². The highest BCUT2D eigenvalue weighted by atomic mass is 16.5. The number of ether oxygens (including phenoxy) is 2. The van der Waals surface area contributed by atoms with E-state index in [1.165, 1.54) is 5.56 Å². The summed E-state index contributed by atoms with van der Waals surface area (Å²) in [4.78, 5) is 23.3. The average Bonchev–Trinajstić information content (AvgIpc) is 2.68. The molecule has 0 radical (unpaired) electrons. The van der Waals surface area contributed by atoms with Gasteiger partial charge in [0.15, 0.2) is 0 Å². The van der Waals surface area contributed by atoms with Crippen LogP contribution < -0.4 is 4.74 Å². The quantitative estimate of drug-likeness (QED) is 0.291. The van der Waals surface area contributed by atoms with Gasteiger partial charge in [-0.05, 0) is 29.7 Å². The van der Waals surface area contributed by atoms with E-state index < -0.39 is 11.9 Å². The van der Waals surface area contributed by atoms with Crippen LogP contribution >= 0.6 is 0 Å². The van der Waals surface area contributed by atoms with Gasteiger partial charge in [-0.25, -0.2) is 9.59 Å². The Hall–Kier alpha value is -2.88. The molecule has 2 aromatic rings. The lowest BCUT2D eigenvalue weighted by Gasteiger charge is -2.26. The molecule has 0 aromatic heterocycles. The average molecular weight is 366 g/mol. The topological polar surface area (TPSA) is 52.6 Å². The Bertz CT molecular complexity index is 774. The van der Waals surface area contributed by atoms with Gasteiger partial charge in [0.2, 0.25) is 0 Å². The molecular weight excluding hydrogens is 340 g/mol. The van der Waals surface area contributed by atoms with Crippen molar-refractivity contribution in [2.45, 2.75) is 39.0 Å². The van der Waals surface area contributed by atoms with Gasteiger partial charge >= 0.3 is 11.9 Å². The SMILES string of the molecule is CCCCOC(=O)/C=C\C(=O)Oc1ccc(C(C)(C)c2ccccc2)cc1. The fraction of sp³-hybridized carbons (Fsp3) is 0.304. The molecule has 0 aliphatic carbocycles. The van der Waals surface area contributed by atoms with Crippen LogP contribution in [0.3, 0.4) is 0 Å². The Morgan fingerprint density at radius 2 is 1.48 bits per heavy atom. The number of hydrogen-bond donors (Lipinski definition) is 0.